The molecule has 0 unspecified atom stereocenters. The highest BCUT2D eigenvalue weighted by molar-refractivity contribution is 8.02. The Labute approximate surface area is 162 Å². The highest BCUT2D eigenvalue weighted by Crippen LogP contribution is 2.25. The number of rotatable bonds is 10. The molecule has 0 saturated heterocycles. The molecule has 0 aromatic heterocycles. The Hall–Kier alpha value is -2.93. The number of carbonyl (C=O) groups excluding carboxylic acids is 2. The van der Waals surface area contributed by atoms with Gasteiger partial charge in [0.25, 0.3) is 5.91 Å². The van der Waals surface area contributed by atoms with Gasteiger partial charge in [0, 0.05) is 11.0 Å². The Balaban J connectivity index is 1.59. The molecule has 0 spiro atoms. The minimum absolute atomic E-state index is 0.272. The molecular formula is C20H21NO5S. The van der Waals surface area contributed by atoms with Crippen molar-refractivity contribution in [3.63, 3.8) is 0 Å². The molecular weight excluding hydrogens is 366 g/mol. The molecule has 2 aromatic carbocycles. The van der Waals surface area contributed by atoms with E-state index < -0.39 is 11.9 Å². The van der Waals surface area contributed by atoms with Crippen LogP contribution in [0.15, 0.2) is 71.0 Å². The van der Waals surface area contributed by atoms with E-state index in [0.29, 0.717) is 11.5 Å². The zero-order valence-electron chi connectivity index (χ0n) is 14.9. The highest BCUT2D eigenvalue weighted by atomic mass is 32.2. The summed E-state index contributed by atoms with van der Waals surface area (Å²) >= 11 is 1.39. The molecule has 0 saturated carbocycles. The first-order valence-corrected chi connectivity index (χ1v) is 9.14. The standard InChI is InChI=1S/C20H21NO5S/c1-24-17-9-5-6-10-18(17)25-13-12-21-19(22)15-26-20(23)11-14-27-16-7-3-2-4-8-16/h2-11,14H,12-13,15H2,1H3,(H,21,22)/b14-11+. The second kappa shape index (κ2) is 11.6. The van der Waals surface area contributed by atoms with Crippen molar-refractivity contribution >= 4 is 23.6 Å². The van der Waals surface area contributed by atoms with Crippen LogP contribution < -0.4 is 14.8 Å². The van der Waals surface area contributed by atoms with Crippen LogP contribution in [0.2, 0.25) is 0 Å². The SMILES string of the molecule is COc1ccccc1OCCNC(=O)COC(=O)/C=C/Sc1ccccc1. The molecule has 2 aromatic rings. The van der Waals surface area contributed by atoms with Crippen molar-refractivity contribution in [3.05, 3.63) is 66.1 Å². The number of ether oxygens (including phenoxy) is 3. The summed E-state index contributed by atoms with van der Waals surface area (Å²) in [7, 11) is 1.56. The van der Waals surface area contributed by atoms with E-state index in [1.54, 1.807) is 24.7 Å². The number of para-hydroxylation sites is 2. The fraction of sp³-hybridized carbons (Fsp3) is 0.200. The van der Waals surface area contributed by atoms with Crippen LogP contribution in [-0.2, 0) is 14.3 Å². The Morgan fingerprint density at radius 1 is 1.04 bits per heavy atom. The first-order chi connectivity index (χ1) is 13.2. The molecule has 0 fully saturated rings. The zero-order valence-corrected chi connectivity index (χ0v) is 15.7. The summed E-state index contributed by atoms with van der Waals surface area (Å²) in [5.41, 5.74) is 0. The first-order valence-electron chi connectivity index (χ1n) is 8.26. The van der Waals surface area contributed by atoms with Crippen LogP contribution in [0.1, 0.15) is 0 Å². The van der Waals surface area contributed by atoms with Gasteiger partial charge in [-0.15, -0.1) is 0 Å². The Morgan fingerprint density at radius 3 is 2.48 bits per heavy atom. The third-order valence-electron chi connectivity index (χ3n) is 3.25. The van der Waals surface area contributed by atoms with E-state index in [2.05, 4.69) is 5.32 Å². The number of amides is 1. The van der Waals surface area contributed by atoms with Crippen LogP contribution in [-0.4, -0.2) is 38.7 Å². The lowest BCUT2D eigenvalue weighted by Crippen LogP contribution is -2.31. The fourth-order valence-corrected chi connectivity index (χ4v) is 2.64. The number of hydrogen-bond donors (Lipinski definition) is 1. The summed E-state index contributed by atoms with van der Waals surface area (Å²) in [5, 5.41) is 4.24. The molecule has 27 heavy (non-hydrogen) atoms. The Morgan fingerprint density at radius 2 is 1.74 bits per heavy atom. The third-order valence-corrected chi connectivity index (χ3v) is 4.06. The van der Waals surface area contributed by atoms with E-state index in [0.717, 1.165) is 4.90 Å². The summed E-state index contributed by atoms with van der Waals surface area (Å²) in [6.07, 6.45) is 1.29. The molecule has 0 atom stereocenters. The number of thioether (sulfide) groups is 1. The molecule has 0 aliphatic rings. The number of hydrogen-bond acceptors (Lipinski definition) is 6. The van der Waals surface area contributed by atoms with E-state index in [9.17, 15) is 9.59 Å². The summed E-state index contributed by atoms with van der Waals surface area (Å²) in [4.78, 5) is 24.3. The van der Waals surface area contributed by atoms with Gasteiger partial charge in [-0.3, -0.25) is 4.79 Å². The number of nitrogens with one attached hydrogen (secondary N) is 1. The smallest absolute Gasteiger partial charge is 0.331 e. The maximum Gasteiger partial charge on any atom is 0.331 e. The average molecular weight is 387 g/mol. The van der Waals surface area contributed by atoms with Gasteiger partial charge in [-0.25, -0.2) is 4.79 Å². The predicted molar refractivity (Wildman–Crippen MR) is 104 cm³/mol. The lowest BCUT2D eigenvalue weighted by Gasteiger charge is -2.10. The third kappa shape index (κ3) is 7.87. The normalized spacial score (nSPS) is 10.4. The van der Waals surface area contributed by atoms with E-state index in [-0.39, 0.29) is 19.8 Å². The molecule has 1 amide bonds. The van der Waals surface area contributed by atoms with Crippen molar-refractivity contribution in [2.24, 2.45) is 0 Å². The van der Waals surface area contributed by atoms with Crippen LogP contribution in [0.4, 0.5) is 0 Å². The number of carbonyl (C=O) groups is 2. The molecule has 0 heterocycles. The summed E-state index contributed by atoms with van der Waals surface area (Å²) in [5.74, 6) is 0.259. The Bertz CT molecular complexity index is 764. The largest absolute Gasteiger partial charge is 0.493 e. The lowest BCUT2D eigenvalue weighted by atomic mass is 10.3. The van der Waals surface area contributed by atoms with Gasteiger partial charge in [0.2, 0.25) is 0 Å². The van der Waals surface area contributed by atoms with Gasteiger partial charge in [-0.1, -0.05) is 42.1 Å². The van der Waals surface area contributed by atoms with Crippen molar-refractivity contribution in [3.8, 4) is 11.5 Å². The molecule has 7 heteroatoms. The number of methoxy groups -OCH3 is 1. The predicted octanol–water partition coefficient (Wildman–Crippen LogP) is 3.04. The average Bonchev–Trinajstić information content (AvgIpc) is 2.70. The zero-order chi connectivity index (χ0) is 19.3. The molecule has 0 aliphatic carbocycles. The van der Waals surface area contributed by atoms with E-state index >= 15 is 0 Å². The molecule has 1 N–H and O–H groups in total. The van der Waals surface area contributed by atoms with Gasteiger partial charge in [0.1, 0.15) is 6.61 Å². The van der Waals surface area contributed by atoms with Gasteiger partial charge < -0.3 is 19.5 Å². The molecule has 0 aliphatic heterocycles. The number of esters is 1. The van der Waals surface area contributed by atoms with E-state index in [1.807, 2.05) is 42.5 Å². The van der Waals surface area contributed by atoms with Crippen LogP contribution >= 0.6 is 11.8 Å². The van der Waals surface area contributed by atoms with E-state index in [1.165, 1.54) is 17.8 Å². The van der Waals surface area contributed by atoms with E-state index in [4.69, 9.17) is 14.2 Å². The second-order valence-corrected chi connectivity index (χ2v) is 6.17. The van der Waals surface area contributed by atoms with Crippen molar-refractivity contribution in [1.29, 1.82) is 0 Å². The minimum Gasteiger partial charge on any atom is -0.493 e. The summed E-state index contributed by atoms with van der Waals surface area (Å²) in [6.45, 7) is 0.218. The second-order valence-electron chi connectivity index (χ2n) is 5.19. The van der Waals surface area contributed by atoms with Crippen LogP contribution in [0, 0.1) is 0 Å². The highest BCUT2D eigenvalue weighted by Gasteiger charge is 2.06. The minimum atomic E-state index is -0.571. The Kier molecular flexibility index (Phi) is 8.79. The molecule has 142 valence electrons. The first kappa shape index (κ1) is 20.4. The van der Waals surface area contributed by atoms with Gasteiger partial charge in [0.15, 0.2) is 18.1 Å². The maximum atomic E-state index is 11.7. The van der Waals surface area contributed by atoms with Crippen molar-refractivity contribution in [2.45, 2.75) is 4.90 Å². The van der Waals surface area contributed by atoms with Gasteiger partial charge in [-0.2, -0.15) is 0 Å². The topological polar surface area (TPSA) is 73.9 Å². The van der Waals surface area contributed by atoms with Crippen molar-refractivity contribution < 1.29 is 23.8 Å². The molecule has 2 rings (SSSR count). The lowest BCUT2D eigenvalue weighted by molar-refractivity contribution is -0.143. The van der Waals surface area contributed by atoms with Crippen molar-refractivity contribution in [2.75, 3.05) is 26.9 Å². The van der Waals surface area contributed by atoms with Gasteiger partial charge in [-0.05, 0) is 29.7 Å². The van der Waals surface area contributed by atoms with Gasteiger partial charge >= 0.3 is 5.97 Å². The monoisotopic (exact) mass is 387 g/mol. The summed E-state index contributed by atoms with van der Waals surface area (Å²) in [6, 6.07) is 16.9. The molecule has 0 bridgehead atoms. The van der Waals surface area contributed by atoms with Crippen LogP contribution in [0.5, 0.6) is 11.5 Å². The van der Waals surface area contributed by atoms with Crippen LogP contribution in [0.25, 0.3) is 0 Å². The maximum absolute atomic E-state index is 11.7. The molecule has 6 nitrogen and oxygen atoms in total. The van der Waals surface area contributed by atoms with Crippen molar-refractivity contribution in [1.82, 2.24) is 5.32 Å². The van der Waals surface area contributed by atoms with Crippen LogP contribution in [0.3, 0.4) is 0 Å². The molecule has 0 radical (unpaired) electrons. The fourth-order valence-electron chi connectivity index (χ4n) is 1.99. The summed E-state index contributed by atoms with van der Waals surface area (Å²) < 4.78 is 15.6. The number of benzene rings is 2. The van der Waals surface area contributed by atoms with Gasteiger partial charge in [0.05, 0.1) is 13.7 Å². The quantitative estimate of drug-likeness (QED) is 0.292.